The molecule has 0 unspecified atom stereocenters. The smallest absolute Gasteiger partial charge is 0.399 e. The minimum Gasteiger partial charge on any atom is -0.399 e. The maximum Gasteiger partial charge on any atom is 0.498 e. The molecule has 0 bridgehead atoms. The first-order chi connectivity index (χ1) is 17.9. The molecule has 1 aliphatic rings. The highest BCUT2D eigenvalue weighted by Crippen LogP contribution is 2.36. The third-order valence-corrected chi connectivity index (χ3v) is 6.26. The van der Waals surface area contributed by atoms with E-state index in [1.807, 2.05) is 41.5 Å². The zero-order valence-corrected chi connectivity index (χ0v) is 24.0. The van der Waals surface area contributed by atoms with Crippen LogP contribution in [0.15, 0.2) is 49.6 Å². The van der Waals surface area contributed by atoms with Gasteiger partial charge in [0.15, 0.2) is 0 Å². The number of hydrogen-bond acceptors (Lipinski definition) is 10. The molecular formula is C24H26BCl3N8O2. The minimum absolute atomic E-state index is 0.317. The van der Waals surface area contributed by atoms with E-state index in [0.717, 1.165) is 28.4 Å². The van der Waals surface area contributed by atoms with Crippen LogP contribution in [-0.4, -0.2) is 58.2 Å². The van der Waals surface area contributed by atoms with E-state index in [-0.39, 0.29) is 18.3 Å². The van der Waals surface area contributed by atoms with Crippen LogP contribution in [0.5, 0.6) is 0 Å². The molecule has 4 aromatic rings. The van der Waals surface area contributed by atoms with Gasteiger partial charge in [0.05, 0.1) is 16.9 Å². The highest BCUT2D eigenvalue weighted by Gasteiger charge is 2.51. The molecule has 0 atom stereocenters. The van der Waals surface area contributed by atoms with Gasteiger partial charge in [-0.05, 0) is 41.5 Å². The van der Waals surface area contributed by atoms with Crippen molar-refractivity contribution in [2.45, 2.75) is 52.7 Å². The summed E-state index contributed by atoms with van der Waals surface area (Å²) in [6.45, 7) is 11.8. The second kappa shape index (κ2) is 12.8. The van der Waals surface area contributed by atoms with Gasteiger partial charge in [0, 0.05) is 47.9 Å². The molecule has 10 nitrogen and oxygen atoms in total. The van der Waals surface area contributed by atoms with Crippen LogP contribution in [0.4, 0.5) is 0 Å². The molecule has 5 heterocycles. The van der Waals surface area contributed by atoms with Crippen LogP contribution < -0.4 is 5.46 Å². The lowest BCUT2D eigenvalue weighted by atomic mass is 9.81. The van der Waals surface area contributed by atoms with Crippen molar-refractivity contribution in [3.8, 4) is 11.3 Å². The van der Waals surface area contributed by atoms with Crippen molar-refractivity contribution >= 4 is 47.4 Å². The van der Waals surface area contributed by atoms with Gasteiger partial charge in [-0.2, -0.15) is 0 Å². The number of nitrogens with zero attached hydrogens (tertiary/aromatic N) is 8. The molecular weight excluding hydrogens is 549 g/mol. The number of hydrogen-bond donors (Lipinski definition) is 0. The number of rotatable bonds is 2. The summed E-state index contributed by atoms with van der Waals surface area (Å²) in [7, 11) is -0.370. The Balaban J connectivity index is 0.000000166. The van der Waals surface area contributed by atoms with Gasteiger partial charge in [-0.1, -0.05) is 34.8 Å². The summed E-state index contributed by atoms with van der Waals surface area (Å²) >= 11 is 16.6. The molecule has 0 aromatic carbocycles. The quantitative estimate of drug-likeness (QED) is 0.244. The standard InChI is InChI=1S/C11H17BN2O2.C9H7ClN4.C4H2Cl2N2/c1-8-13-6-9(7-14-8)12-15-10(2,3)11(4,5)16-12;1-6-11-3-7(4-12-6)8-2-9(10)14-5-13-8;5-3-1-4(6)8-2-7-3/h6-7H,1-5H3;2-5H,1H3;1-2H. The Morgan fingerprint density at radius 2 is 1.03 bits per heavy atom. The molecule has 14 heteroatoms. The van der Waals surface area contributed by atoms with E-state index in [0.29, 0.717) is 15.5 Å². The number of halogens is 3. The van der Waals surface area contributed by atoms with Gasteiger partial charge < -0.3 is 9.31 Å². The van der Waals surface area contributed by atoms with Gasteiger partial charge in [-0.25, -0.2) is 39.9 Å². The molecule has 0 saturated carbocycles. The first-order valence-electron chi connectivity index (χ1n) is 11.4. The van der Waals surface area contributed by atoms with E-state index < -0.39 is 0 Å². The van der Waals surface area contributed by atoms with Crippen LogP contribution in [0, 0.1) is 13.8 Å². The fourth-order valence-electron chi connectivity index (χ4n) is 2.83. The maximum absolute atomic E-state index is 5.89. The van der Waals surface area contributed by atoms with Crippen molar-refractivity contribution in [1.82, 2.24) is 39.9 Å². The van der Waals surface area contributed by atoms with Crippen LogP contribution in [-0.2, 0) is 9.31 Å². The van der Waals surface area contributed by atoms with E-state index >= 15 is 0 Å². The van der Waals surface area contributed by atoms with Crippen molar-refractivity contribution < 1.29 is 9.31 Å². The SMILES string of the molecule is Cc1ncc(-c2cc(Cl)ncn2)cn1.Cc1ncc(B2OC(C)(C)C(C)(C)O2)cn1.Clc1cc(Cl)ncn1. The minimum atomic E-state index is -0.370. The van der Waals surface area contributed by atoms with Gasteiger partial charge in [-0.15, -0.1) is 0 Å². The summed E-state index contributed by atoms with van der Waals surface area (Å²) in [6, 6.07) is 3.15. The molecule has 0 aliphatic carbocycles. The molecule has 1 aliphatic heterocycles. The van der Waals surface area contributed by atoms with Crippen molar-refractivity contribution in [1.29, 1.82) is 0 Å². The zero-order chi connectivity index (χ0) is 27.9. The van der Waals surface area contributed by atoms with E-state index in [9.17, 15) is 0 Å². The van der Waals surface area contributed by atoms with E-state index in [1.54, 1.807) is 30.9 Å². The lowest BCUT2D eigenvalue weighted by molar-refractivity contribution is 0.00578. The van der Waals surface area contributed by atoms with Crippen molar-refractivity contribution in [3.63, 3.8) is 0 Å². The Kier molecular flexibility index (Phi) is 10.0. The Bertz CT molecular complexity index is 1310. The predicted octanol–water partition coefficient (Wildman–Crippen LogP) is 4.76. The monoisotopic (exact) mass is 574 g/mol. The van der Waals surface area contributed by atoms with E-state index in [1.165, 1.54) is 18.7 Å². The third-order valence-electron chi connectivity index (χ3n) is 5.64. The normalized spacial score (nSPS) is 15.1. The summed E-state index contributed by atoms with van der Waals surface area (Å²) < 4.78 is 11.8. The second-order valence-electron chi connectivity index (χ2n) is 9.06. The Labute approximate surface area is 236 Å². The summed E-state index contributed by atoms with van der Waals surface area (Å²) in [5, 5.41) is 1.14. The van der Waals surface area contributed by atoms with E-state index in [2.05, 4.69) is 39.9 Å². The van der Waals surface area contributed by atoms with Crippen LogP contribution in [0.1, 0.15) is 39.3 Å². The molecule has 4 aromatic heterocycles. The van der Waals surface area contributed by atoms with Gasteiger partial charge in [0.2, 0.25) is 0 Å². The van der Waals surface area contributed by atoms with Crippen molar-refractivity contribution in [2.24, 2.45) is 0 Å². The van der Waals surface area contributed by atoms with Gasteiger partial charge in [-0.3, -0.25) is 0 Å². The highest BCUT2D eigenvalue weighted by molar-refractivity contribution is 6.61. The summed E-state index contributed by atoms with van der Waals surface area (Å²) in [6.07, 6.45) is 9.65. The summed E-state index contributed by atoms with van der Waals surface area (Å²) in [4.78, 5) is 31.5. The largest absolute Gasteiger partial charge is 0.498 e. The van der Waals surface area contributed by atoms with Crippen LogP contribution in [0.25, 0.3) is 11.3 Å². The van der Waals surface area contributed by atoms with Crippen molar-refractivity contribution in [2.75, 3.05) is 0 Å². The topological polar surface area (TPSA) is 122 Å². The molecule has 0 spiro atoms. The average molecular weight is 576 g/mol. The van der Waals surface area contributed by atoms with Crippen LogP contribution in [0.3, 0.4) is 0 Å². The molecule has 38 heavy (non-hydrogen) atoms. The fourth-order valence-corrected chi connectivity index (χ4v) is 3.33. The average Bonchev–Trinajstić information content (AvgIpc) is 3.07. The summed E-state index contributed by atoms with van der Waals surface area (Å²) in [5.74, 6) is 1.48. The molecule has 198 valence electrons. The maximum atomic E-state index is 5.89. The number of aromatic nitrogens is 8. The molecule has 1 saturated heterocycles. The third kappa shape index (κ3) is 8.34. The van der Waals surface area contributed by atoms with Crippen LogP contribution >= 0.6 is 34.8 Å². The Morgan fingerprint density at radius 3 is 1.45 bits per heavy atom. The van der Waals surface area contributed by atoms with Gasteiger partial charge >= 0.3 is 7.12 Å². The van der Waals surface area contributed by atoms with Crippen LogP contribution in [0.2, 0.25) is 15.5 Å². The van der Waals surface area contributed by atoms with Gasteiger partial charge in [0.1, 0.15) is 39.8 Å². The molecule has 1 fully saturated rings. The lowest BCUT2D eigenvalue weighted by Crippen LogP contribution is -2.41. The first-order valence-corrected chi connectivity index (χ1v) is 12.5. The fraction of sp³-hybridized carbons (Fsp3) is 0.333. The lowest BCUT2D eigenvalue weighted by Gasteiger charge is -2.32. The predicted molar refractivity (Wildman–Crippen MR) is 147 cm³/mol. The number of aryl methyl sites for hydroxylation is 2. The molecule has 5 rings (SSSR count). The zero-order valence-electron chi connectivity index (χ0n) is 21.7. The molecule has 0 amide bonds. The highest BCUT2D eigenvalue weighted by atomic mass is 35.5. The Hall–Kier alpha value is -2.83. The van der Waals surface area contributed by atoms with Gasteiger partial charge in [0.25, 0.3) is 0 Å². The van der Waals surface area contributed by atoms with Crippen molar-refractivity contribution in [3.05, 3.63) is 76.7 Å². The first kappa shape index (κ1) is 29.7. The molecule has 0 radical (unpaired) electrons. The summed E-state index contributed by atoms with van der Waals surface area (Å²) in [5.41, 5.74) is 1.79. The van der Waals surface area contributed by atoms with E-state index in [4.69, 9.17) is 44.1 Å². The Morgan fingerprint density at radius 1 is 0.605 bits per heavy atom. The molecule has 0 N–H and O–H groups in total. The second-order valence-corrected chi connectivity index (χ2v) is 10.2.